The molecule has 0 fully saturated rings. The lowest BCUT2D eigenvalue weighted by molar-refractivity contribution is 0.628. The molecule has 0 bridgehead atoms. The molecule has 0 aliphatic rings. The Balaban J connectivity index is 1.48. The van der Waals surface area contributed by atoms with E-state index in [-0.39, 0.29) is 5.82 Å². The first-order valence-corrected chi connectivity index (χ1v) is 16.5. The SMILES string of the molecule is Cc1ccc(-c2ccc3c(-c4cccc5ccccc45)c4cc(-c5ccc(F)cc5)ccc4c(-c4cccc5ccccc45)c3c2)cc1. The zero-order chi connectivity index (χ0) is 32.2. The van der Waals surface area contributed by atoms with Crippen LogP contribution in [-0.2, 0) is 0 Å². The first-order chi connectivity index (χ1) is 23.6. The monoisotopic (exact) mass is 614 g/mol. The van der Waals surface area contributed by atoms with Crippen LogP contribution in [0.3, 0.4) is 0 Å². The van der Waals surface area contributed by atoms with E-state index in [0.717, 1.165) is 11.1 Å². The van der Waals surface area contributed by atoms with Gasteiger partial charge in [-0.3, -0.25) is 0 Å². The molecule has 0 amide bonds. The lowest BCUT2D eigenvalue weighted by Gasteiger charge is -2.21. The molecule has 0 unspecified atom stereocenters. The zero-order valence-corrected chi connectivity index (χ0v) is 26.5. The Morgan fingerprint density at radius 2 is 0.750 bits per heavy atom. The van der Waals surface area contributed by atoms with E-state index in [0.29, 0.717) is 0 Å². The van der Waals surface area contributed by atoms with E-state index >= 15 is 0 Å². The van der Waals surface area contributed by atoms with Gasteiger partial charge in [0.25, 0.3) is 0 Å². The number of hydrogen-bond donors (Lipinski definition) is 0. The van der Waals surface area contributed by atoms with Crippen molar-refractivity contribution < 1.29 is 4.39 Å². The topological polar surface area (TPSA) is 0 Å². The van der Waals surface area contributed by atoms with Crippen molar-refractivity contribution in [1.29, 1.82) is 0 Å². The molecule has 226 valence electrons. The van der Waals surface area contributed by atoms with Gasteiger partial charge in [0, 0.05) is 0 Å². The number of aryl methyl sites for hydroxylation is 1. The van der Waals surface area contributed by atoms with Gasteiger partial charge in [-0.1, -0.05) is 151 Å². The highest BCUT2D eigenvalue weighted by atomic mass is 19.1. The first-order valence-electron chi connectivity index (χ1n) is 16.5. The van der Waals surface area contributed by atoms with Crippen LogP contribution < -0.4 is 0 Å². The molecule has 0 saturated heterocycles. The molecule has 0 aliphatic carbocycles. The summed E-state index contributed by atoms with van der Waals surface area (Å²) in [5.74, 6) is -0.232. The molecule has 9 aromatic carbocycles. The Kier molecular flexibility index (Phi) is 6.66. The molecule has 0 heterocycles. The van der Waals surface area contributed by atoms with E-state index in [9.17, 15) is 4.39 Å². The maximum Gasteiger partial charge on any atom is 0.123 e. The highest BCUT2D eigenvalue weighted by molar-refractivity contribution is 6.26. The van der Waals surface area contributed by atoms with Crippen LogP contribution in [0.2, 0.25) is 0 Å². The molecular formula is C47H31F. The molecule has 0 spiro atoms. The fraction of sp³-hybridized carbons (Fsp3) is 0.0213. The number of fused-ring (bicyclic) bond motifs is 4. The van der Waals surface area contributed by atoms with Gasteiger partial charge in [0.2, 0.25) is 0 Å². The summed E-state index contributed by atoms with van der Waals surface area (Å²) in [5.41, 5.74) is 10.5. The molecule has 0 saturated carbocycles. The molecule has 0 aromatic heterocycles. The van der Waals surface area contributed by atoms with Gasteiger partial charge in [-0.2, -0.15) is 0 Å². The Morgan fingerprint density at radius 3 is 1.25 bits per heavy atom. The van der Waals surface area contributed by atoms with Gasteiger partial charge in [-0.15, -0.1) is 0 Å². The molecule has 9 aromatic rings. The number of benzene rings is 9. The van der Waals surface area contributed by atoms with Crippen molar-refractivity contribution in [2.75, 3.05) is 0 Å². The van der Waals surface area contributed by atoms with Crippen LogP contribution in [0.25, 0.3) is 87.6 Å². The third kappa shape index (κ3) is 4.67. The standard InChI is InChI=1S/C47H31F/c1-30-16-18-31(19-17-30)35-22-26-42-44(28-35)46(40-14-6-10-33-8-2-4-12-38(33)40)43-27-23-36(32-20-24-37(48)25-21-32)29-45(43)47(42)41-15-7-11-34-9-3-5-13-39(34)41/h2-29H,1H3. The minimum atomic E-state index is -0.232. The minimum absolute atomic E-state index is 0.232. The number of hydrogen-bond acceptors (Lipinski definition) is 0. The summed E-state index contributed by atoms with van der Waals surface area (Å²) < 4.78 is 14.0. The van der Waals surface area contributed by atoms with Crippen molar-refractivity contribution in [2.45, 2.75) is 6.92 Å². The summed E-state index contributed by atoms with van der Waals surface area (Å²) >= 11 is 0. The van der Waals surface area contributed by atoms with Crippen molar-refractivity contribution in [3.8, 4) is 44.5 Å². The first kappa shape index (κ1) is 28.2. The van der Waals surface area contributed by atoms with Gasteiger partial charge in [-0.05, 0) is 119 Å². The van der Waals surface area contributed by atoms with Crippen molar-refractivity contribution in [2.24, 2.45) is 0 Å². The Bertz CT molecular complexity index is 2460. The largest absolute Gasteiger partial charge is 0.207 e. The van der Waals surface area contributed by atoms with Crippen molar-refractivity contribution in [3.05, 3.63) is 181 Å². The molecule has 0 N–H and O–H groups in total. The Hall–Kier alpha value is -6.05. The van der Waals surface area contributed by atoms with Crippen molar-refractivity contribution in [3.63, 3.8) is 0 Å². The lowest BCUT2D eigenvalue weighted by atomic mass is 9.82. The van der Waals surface area contributed by atoms with Crippen LogP contribution in [0.15, 0.2) is 170 Å². The van der Waals surface area contributed by atoms with E-state index in [1.54, 1.807) is 12.1 Å². The third-order valence-electron chi connectivity index (χ3n) is 9.80. The van der Waals surface area contributed by atoms with Crippen molar-refractivity contribution >= 4 is 43.1 Å². The molecule has 0 nitrogen and oxygen atoms in total. The average molecular weight is 615 g/mol. The predicted octanol–water partition coefficient (Wildman–Crippen LogP) is 13.4. The van der Waals surface area contributed by atoms with Gasteiger partial charge >= 0.3 is 0 Å². The van der Waals surface area contributed by atoms with Crippen LogP contribution in [0.1, 0.15) is 5.56 Å². The second kappa shape index (κ2) is 11.3. The highest BCUT2D eigenvalue weighted by Gasteiger charge is 2.20. The van der Waals surface area contributed by atoms with Gasteiger partial charge in [0.15, 0.2) is 0 Å². The second-order valence-corrected chi connectivity index (χ2v) is 12.7. The molecule has 0 atom stereocenters. The number of rotatable bonds is 4. The van der Waals surface area contributed by atoms with Gasteiger partial charge in [0.05, 0.1) is 0 Å². The quantitative estimate of drug-likeness (QED) is 0.173. The average Bonchev–Trinajstić information content (AvgIpc) is 3.14. The molecule has 0 aliphatic heterocycles. The van der Waals surface area contributed by atoms with Gasteiger partial charge in [0.1, 0.15) is 5.82 Å². The fourth-order valence-corrected chi connectivity index (χ4v) is 7.44. The van der Waals surface area contributed by atoms with Crippen LogP contribution in [0.4, 0.5) is 4.39 Å². The maximum atomic E-state index is 14.0. The van der Waals surface area contributed by atoms with Crippen LogP contribution >= 0.6 is 0 Å². The van der Waals surface area contributed by atoms with Crippen LogP contribution in [0.5, 0.6) is 0 Å². The molecular weight excluding hydrogens is 584 g/mol. The van der Waals surface area contributed by atoms with E-state index in [1.165, 1.54) is 82.0 Å². The third-order valence-corrected chi connectivity index (χ3v) is 9.80. The van der Waals surface area contributed by atoms with E-state index in [2.05, 4.69) is 153 Å². The summed E-state index contributed by atoms with van der Waals surface area (Å²) in [6, 6.07) is 59.9. The lowest BCUT2D eigenvalue weighted by Crippen LogP contribution is -1.94. The summed E-state index contributed by atoms with van der Waals surface area (Å²) in [6.45, 7) is 2.13. The molecule has 48 heavy (non-hydrogen) atoms. The summed E-state index contributed by atoms with van der Waals surface area (Å²) in [5, 5.41) is 9.65. The number of halogens is 1. The van der Waals surface area contributed by atoms with E-state index in [4.69, 9.17) is 0 Å². The second-order valence-electron chi connectivity index (χ2n) is 12.7. The zero-order valence-electron chi connectivity index (χ0n) is 26.5. The van der Waals surface area contributed by atoms with Gasteiger partial charge in [-0.25, -0.2) is 4.39 Å². The highest BCUT2D eigenvalue weighted by Crippen LogP contribution is 2.48. The molecule has 0 radical (unpaired) electrons. The van der Waals surface area contributed by atoms with Crippen molar-refractivity contribution in [1.82, 2.24) is 0 Å². The van der Waals surface area contributed by atoms with Crippen LogP contribution in [0, 0.1) is 12.7 Å². The smallest absolute Gasteiger partial charge is 0.123 e. The summed E-state index contributed by atoms with van der Waals surface area (Å²) in [4.78, 5) is 0. The van der Waals surface area contributed by atoms with Crippen LogP contribution in [-0.4, -0.2) is 0 Å². The predicted molar refractivity (Wildman–Crippen MR) is 203 cm³/mol. The van der Waals surface area contributed by atoms with E-state index < -0.39 is 0 Å². The minimum Gasteiger partial charge on any atom is -0.207 e. The van der Waals surface area contributed by atoms with E-state index in [1.807, 2.05) is 12.1 Å². The Labute approximate surface area is 279 Å². The van der Waals surface area contributed by atoms with Gasteiger partial charge < -0.3 is 0 Å². The summed E-state index contributed by atoms with van der Waals surface area (Å²) in [6.07, 6.45) is 0. The Morgan fingerprint density at radius 1 is 0.333 bits per heavy atom. The fourth-order valence-electron chi connectivity index (χ4n) is 7.44. The normalized spacial score (nSPS) is 11.5. The molecule has 9 rings (SSSR count). The maximum absolute atomic E-state index is 14.0. The molecule has 1 heteroatoms. The summed E-state index contributed by atoms with van der Waals surface area (Å²) in [7, 11) is 0.